The number of allylic oxidation sites excluding steroid dienone is 8. The normalized spacial score (nSPS) is 15.4. The summed E-state index contributed by atoms with van der Waals surface area (Å²) in [7, 11) is -7.83. The molecule has 0 spiro atoms. The number of hydrogen-bond donors (Lipinski definition) is 0. The van der Waals surface area contributed by atoms with E-state index < -0.39 is 20.2 Å². The molecule has 2 aliphatic rings. The Morgan fingerprint density at radius 1 is 0.760 bits per heavy atom. The molecule has 0 radical (unpaired) electrons. The van der Waals surface area contributed by atoms with Gasteiger partial charge in [0.05, 0.1) is 20.2 Å². The van der Waals surface area contributed by atoms with Gasteiger partial charge in [-0.15, -0.1) is 26.7 Å². The van der Waals surface area contributed by atoms with Crippen LogP contribution in [-0.2, 0) is 46.4 Å². The van der Waals surface area contributed by atoms with Crippen LogP contribution in [0.3, 0.4) is 0 Å². The molecule has 0 unspecified atom stereocenters. The van der Waals surface area contributed by atoms with Gasteiger partial charge in [0.2, 0.25) is 0 Å². The first-order valence-corrected chi connectivity index (χ1v) is 10.6. The van der Waals surface area contributed by atoms with Gasteiger partial charge in [0, 0.05) is 12.5 Å². The Labute approximate surface area is 171 Å². The summed E-state index contributed by atoms with van der Waals surface area (Å²) >= 11 is 0. The van der Waals surface area contributed by atoms with E-state index in [2.05, 4.69) is 52.0 Å². The van der Waals surface area contributed by atoms with Gasteiger partial charge in [-0.3, -0.25) is 12.2 Å². The summed E-state index contributed by atoms with van der Waals surface area (Å²) in [5, 5.41) is 0. The van der Waals surface area contributed by atoms with Crippen LogP contribution in [0.5, 0.6) is 0 Å². The van der Waals surface area contributed by atoms with Crippen molar-refractivity contribution in [2.45, 2.75) is 40.5 Å². The number of rotatable bonds is 0. The van der Waals surface area contributed by atoms with Crippen LogP contribution in [0.25, 0.3) is 0 Å². The number of hydrogen-bond acceptors (Lipinski definition) is 6. The maximum atomic E-state index is 9.08. The van der Waals surface area contributed by atoms with Gasteiger partial charge in [0.25, 0.3) is 0 Å². The Bertz CT molecular complexity index is 615. The molecule has 0 saturated carbocycles. The zero-order valence-corrected chi connectivity index (χ0v) is 19.4. The van der Waals surface area contributed by atoms with E-state index in [1.165, 1.54) is 22.3 Å². The van der Waals surface area contributed by atoms with Crippen molar-refractivity contribution in [1.82, 2.24) is 0 Å². The average molecular weight is 468 g/mol. The minimum absolute atomic E-state index is 0. The van der Waals surface area contributed by atoms with Crippen molar-refractivity contribution in [3.05, 3.63) is 46.6 Å². The second-order valence-electron chi connectivity index (χ2n) is 5.19. The fourth-order valence-electron chi connectivity index (χ4n) is 1.30. The van der Waals surface area contributed by atoms with Crippen molar-refractivity contribution in [1.29, 1.82) is 0 Å². The molecular weight excluding hydrogens is 444 g/mol. The van der Waals surface area contributed by atoms with Gasteiger partial charge in [0.1, 0.15) is 0 Å². The van der Waals surface area contributed by atoms with Crippen LogP contribution in [0.1, 0.15) is 40.5 Å². The molecule has 0 aromatic rings. The van der Waals surface area contributed by atoms with Gasteiger partial charge < -0.3 is 9.11 Å². The minimum Gasteiger partial charge on any atom is -0.748 e. The maximum Gasteiger partial charge on any atom is 4.00 e. The van der Waals surface area contributed by atoms with Crippen LogP contribution in [0.4, 0.5) is 0 Å². The summed E-state index contributed by atoms with van der Waals surface area (Å²) < 4.78 is 54.5. The van der Waals surface area contributed by atoms with E-state index in [4.69, 9.17) is 25.9 Å². The predicted molar refractivity (Wildman–Crippen MR) is 92.9 cm³/mol. The molecule has 0 N–H and O–H groups in total. The summed E-state index contributed by atoms with van der Waals surface area (Å²) in [4.78, 5) is 0. The van der Waals surface area contributed by atoms with Crippen LogP contribution in [0, 0.1) is 12.2 Å². The molecule has 0 heterocycles. The Morgan fingerprint density at radius 3 is 1.00 bits per heavy atom. The van der Waals surface area contributed by atoms with Gasteiger partial charge in [-0.1, -0.05) is 13.8 Å². The fourth-order valence-corrected chi connectivity index (χ4v) is 1.30. The van der Waals surface area contributed by atoms with E-state index >= 15 is 0 Å². The third-order valence-electron chi connectivity index (χ3n) is 2.73. The molecule has 2 aliphatic carbocycles. The maximum absolute atomic E-state index is 9.08. The molecule has 6 nitrogen and oxygen atoms in total. The summed E-state index contributed by atoms with van der Waals surface area (Å²) in [6.45, 7) is 8.43. The smallest absolute Gasteiger partial charge is 0.748 e. The minimum atomic E-state index is -3.92. The molecule has 0 aliphatic heterocycles. The van der Waals surface area contributed by atoms with Gasteiger partial charge >= 0.3 is 26.2 Å². The Morgan fingerprint density at radius 2 is 0.960 bits per heavy atom. The molecule has 0 aromatic carbocycles. The summed E-state index contributed by atoms with van der Waals surface area (Å²) in [5.74, 6) is 0. The molecule has 0 atom stereocenters. The second kappa shape index (κ2) is 13.8. The quantitative estimate of drug-likeness (QED) is 0.399. The van der Waals surface area contributed by atoms with E-state index in [1.807, 2.05) is 0 Å². The van der Waals surface area contributed by atoms with E-state index in [0.717, 1.165) is 12.8 Å². The molecule has 0 amide bonds. The van der Waals surface area contributed by atoms with Gasteiger partial charge in [-0.25, -0.2) is 39.1 Å². The van der Waals surface area contributed by atoms with Crippen molar-refractivity contribution >= 4 is 20.2 Å². The molecule has 9 heteroatoms. The predicted octanol–water partition coefficient (Wildman–Crippen LogP) is 2.49. The van der Waals surface area contributed by atoms with Crippen LogP contribution >= 0.6 is 0 Å². The van der Waals surface area contributed by atoms with Crippen molar-refractivity contribution in [3.63, 3.8) is 0 Å². The summed E-state index contributed by atoms with van der Waals surface area (Å²) in [5.41, 5.74) is 5.42. The van der Waals surface area contributed by atoms with Gasteiger partial charge in [0.15, 0.2) is 0 Å². The fraction of sp³-hybridized carbons (Fsp3) is 0.500. The Balaban J connectivity index is -0.000000259. The first kappa shape index (κ1) is 29.4. The van der Waals surface area contributed by atoms with Crippen molar-refractivity contribution < 1.29 is 52.1 Å². The molecular formula is C16H24O6S2Zr. The Hall–Kier alpha value is -0.337. The molecule has 2 rings (SSSR count). The van der Waals surface area contributed by atoms with Gasteiger partial charge in [-0.2, -0.15) is 12.2 Å². The van der Waals surface area contributed by atoms with Crippen molar-refractivity contribution in [2.75, 3.05) is 12.5 Å². The zero-order chi connectivity index (χ0) is 19.6. The molecule has 140 valence electrons. The van der Waals surface area contributed by atoms with Gasteiger partial charge in [-0.05, 0) is 0 Å². The molecule has 25 heavy (non-hydrogen) atoms. The standard InChI is InChI=1S/2C7H9.2CH4O3S.Zr/c2*1-6-4-3-5-7(6)2;2*1-5(2,3)4;/h2*4H,3H2,1-2H3;2*1H3,(H,2,3,4);/q2*-1;;;+4/p-2. The van der Waals surface area contributed by atoms with E-state index in [1.54, 1.807) is 0 Å². The van der Waals surface area contributed by atoms with Crippen LogP contribution in [-0.4, -0.2) is 38.5 Å². The van der Waals surface area contributed by atoms with E-state index in [0.29, 0.717) is 12.5 Å². The second-order valence-corrected chi connectivity index (χ2v) is 8.01. The van der Waals surface area contributed by atoms with Crippen LogP contribution in [0.2, 0.25) is 0 Å². The zero-order valence-electron chi connectivity index (χ0n) is 15.3. The molecule has 0 aromatic heterocycles. The van der Waals surface area contributed by atoms with Crippen LogP contribution < -0.4 is 0 Å². The first-order chi connectivity index (χ1) is 10.6. The van der Waals surface area contributed by atoms with E-state index in [9.17, 15) is 0 Å². The first-order valence-electron chi connectivity index (χ1n) is 6.92. The SMILES string of the molecule is CC1=[C-]CC=C1C.CC1=[C-]CC=C1C.CS(=O)(=O)[O-].CS(=O)(=O)[O-].[Zr+4]. The molecule has 0 saturated heterocycles. The third-order valence-corrected chi connectivity index (χ3v) is 2.73. The Kier molecular flexibility index (Phi) is 16.3. The monoisotopic (exact) mass is 466 g/mol. The molecule has 0 fully saturated rings. The van der Waals surface area contributed by atoms with Crippen molar-refractivity contribution in [2.24, 2.45) is 0 Å². The molecule has 0 bridgehead atoms. The van der Waals surface area contributed by atoms with E-state index in [-0.39, 0.29) is 26.2 Å². The largest absolute Gasteiger partial charge is 4.00 e. The van der Waals surface area contributed by atoms with Crippen molar-refractivity contribution in [3.8, 4) is 0 Å². The average Bonchev–Trinajstić information content (AvgIpc) is 2.86. The topological polar surface area (TPSA) is 114 Å². The summed E-state index contributed by atoms with van der Waals surface area (Å²) in [6, 6.07) is 0. The van der Waals surface area contributed by atoms with Crippen LogP contribution in [0.15, 0.2) is 34.4 Å². The third kappa shape index (κ3) is 28.7. The summed E-state index contributed by atoms with van der Waals surface area (Å²) in [6.07, 6.45) is 14.0.